The van der Waals surface area contributed by atoms with Crippen molar-refractivity contribution in [3.05, 3.63) is 94.3 Å². The van der Waals surface area contributed by atoms with Crippen molar-refractivity contribution in [1.82, 2.24) is 15.3 Å². The second-order valence-corrected chi connectivity index (χ2v) is 9.29. The van der Waals surface area contributed by atoms with Crippen LogP contribution in [0.4, 0.5) is 5.69 Å². The predicted octanol–water partition coefficient (Wildman–Crippen LogP) is 7.29. The van der Waals surface area contributed by atoms with Crippen LogP contribution in [-0.4, -0.2) is 21.0 Å². The topological polar surface area (TPSA) is 93.2 Å². The lowest BCUT2D eigenvalue weighted by molar-refractivity contribution is -0.115. The quantitative estimate of drug-likeness (QED) is 0.176. The van der Waals surface area contributed by atoms with E-state index in [1.807, 2.05) is 31.2 Å². The van der Waals surface area contributed by atoms with Gasteiger partial charge >= 0.3 is 0 Å². The molecule has 2 aromatic carbocycles. The Labute approximate surface area is 227 Å². The summed E-state index contributed by atoms with van der Waals surface area (Å²) in [6.07, 6.45) is 4.54. The molecule has 0 atom stereocenters. The Bertz CT molecular complexity index is 1620. The number of carbonyl (C=O) groups excluding carboxylic acids is 1. The van der Waals surface area contributed by atoms with Crippen LogP contribution in [0.2, 0.25) is 10.0 Å². The van der Waals surface area contributed by atoms with Gasteiger partial charge in [0.2, 0.25) is 11.8 Å². The number of rotatable bonds is 5. The number of carbonyl (C=O) groups is 1. The van der Waals surface area contributed by atoms with Gasteiger partial charge in [0.25, 0.3) is 0 Å². The van der Waals surface area contributed by atoms with Crippen molar-refractivity contribution in [3.63, 3.8) is 0 Å². The fourth-order valence-corrected chi connectivity index (χ4v) is 4.32. The summed E-state index contributed by atoms with van der Waals surface area (Å²) in [5, 5.41) is 6.82. The van der Waals surface area contributed by atoms with E-state index in [1.54, 1.807) is 48.7 Å². The third-order valence-electron chi connectivity index (χ3n) is 5.30. The van der Waals surface area contributed by atoms with Crippen molar-refractivity contribution in [1.29, 1.82) is 0 Å². The van der Waals surface area contributed by atoms with Gasteiger partial charge in [0.1, 0.15) is 11.5 Å². The second-order valence-electron chi connectivity index (χ2n) is 8.01. The number of hydrogen-bond donors (Lipinski definition) is 2. The highest BCUT2D eigenvalue weighted by Crippen LogP contribution is 2.29. The number of aromatic nitrogens is 2. The van der Waals surface area contributed by atoms with Crippen LogP contribution < -0.4 is 10.6 Å². The zero-order valence-electron chi connectivity index (χ0n) is 19.3. The standard InChI is InChI=1S/C27H18Cl2N4O3S/c1-15-11-16(26-33-25-23(36-26)3-2-10-30-25)4-7-21(15)31-27(37)32-24(34)9-6-20-5-8-22(35-20)17-12-18(28)14-19(29)13-17/h2-14H,1H3,(H2,31,32,34,37)/b9-6+. The molecule has 0 aliphatic carbocycles. The monoisotopic (exact) mass is 548 g/mol. The normalized spacial score (nSPS) is 11.2. The molecular formula is C27H18Cl2N4O3S. The van der Waals surface area contributed by atoms with Crippen molar-refractivity contribution < 1.29 is 13.6 Å². The molecule has 184 valence electrons. The molecule has 7 nitrogen and oxygen atoms in total. The summed E-state index contributed by atoms with van der Waals surface area (Å²) in [6, 6.07) is 17.9. The zero-order valence-corrected chi connectivity index (χ0v) is 21.6. The molecule has 0 fully saturated rings. The van der Waals surface area contributed by atoms with Crippen molar-refractivity contribution >= 4 is 69.4 Å². The van der Waals surface area contributed by atoms with Gasteiger partial charge in [0, 0.05) is 39.1 Å². The first kappa shape index (κ1) is 24.7. The van der Waals surface area contributed by atoms with Crippen molar-refractivity contribution in [2.24, 2.45) is 0 Å². The Morgan fingerprint density at radius 2 is 1.81 bits per heavy atom. The fourth-order valence-electron chi connectivity index (χ4n) is 3.59. The van der Waals surface area contributed by atoms with Gasteiger partial charge in [0.15, 0.2) is 16.3 Å². The molecule has 5 aromatic rings. The number of amides is 1. The largest absolute Gasteiger partial charge is 0.457 e. The molecule has 5 rings (SSSR count). The van der Waals surface area contributed by atoms with E-state index in [1.165, 1.54) is 6.08 Å². The summed E-state index contributed by atoms with van der Waals surface area (Å²) in [5.74, 6) is 1.13. The van der Waals surface area contributed by atoms with Gasteiger partial charge < -0.3 is 14.2 Å². The molecule has 10 heteroatoms. The molecule has 0 unspecified atom stereocenters. The number of anilines is 1. The number of nitrogens with zero attached hydrogens (tertiary/aromatic N) is 2. The predicted molar refractivity (Wildman–Crippen MR) is 150 cm³/mol. The number of furan rings is 1. The molecule has 0 aliphatic rings. The van der Waals surface area contributed by atoms with Crippen LogP contribution in [0.15, 0.2) is 81.8 Å². The Kier molecular flexibility index (Phi) is 7.05. The van der Waals surface area contributed by atoms with E-state index in [9.17, 15) is 4.79 Å². The maximum atomic E-state index is 12.4. The molecule has 0 spiro atoms. The highest BCUT2D eigenvalue weighted by molar-refractivity contribution is 7.80. The van der Waals surface area contributed by atoms with E-state index in [0.29, 0.717) is 38.7 Å². The lowest BCUT2D eigenvalue weighted by Gasteiger charge is -2.11. The molecule has 0 saturated carbocycles. The minimum Gasteiger partial charge on any atom is -0.457 e. The number of hydrogen-bond acceptors (Lipinski definition) is 6. The summed E-state index contributed by atoms with van der Waals surface area (Å²) in [6.45, 7) is 1.92. The highest BCUT2D eigenvalue weighted by Gasteiger charge is 2.11. The van der Waals surface area contributed by atoms with E-state index < -0.39 is 5.91 Å². The van der Waals surface area contributed by atoms with E-state index in [4.69, 9.17) is 44.3 Å². The van der Waals surface area contributed by atoms with Crippen LogP contribution in [0.5, 0.6) is 0 Å². The van der Waals surface area contributed by atoms with Gasteiger partial charge in [-0.3, -0.25) is 10.1 Å². The minimum atomic E-state index is -0.408. The van der Waals surface area contributed by atoms with Gasteiger partial charge in [-0.25, -0.2) is 4.98 Å². The third kappa shape index (κ3) is 5.89. The zero-order chi connectivity index (χ0) is 25.9. The van der Waals surface area contributed by atoms with Crippen molar-refractivity contribution in [3.8, 4) is 22.8 Å². The summed E-state index contributed by atoms with van der Waals surface area (Å²) < 4.78 is 11.5. The number of pyridine rings is 1. The number of nitrogens with one attached hydrogen (secondary N) is 2. The van der Waals surface area contributed by atoms with Crippen molar-refractivity contribution in [2.75, 3.05) is 5.32 Å². The van der Waals surface area contributed by atoms with E-state index in [0.717, 1.165) is 22.4 Å². The van der Waals surface area contributed by atoms with Gasteiger partial charge in [-0.15, -0.1) is 0 Å². The van der Waals surface area contributed by atoms with E-state index in [-0.39, 0.29) is 5.11 Å². The van der Waals surface area contributed by atoms with Crippen LogP contribution in [0.1, 0.15) is 11.3 Å². The number of halogens is 2. The maximum absolute atomic E-state index is 12.4. The van der Waals surface area contributed by atoms with Crippen LogP contribution >= 0.6 is 35.4 Å². The summed E-state index contributed by atoms with van der Waals surface area (Å²) in [5.41, 5.74) is 4.34. The lowest BCUT2D eigenvalue weighted by Crippen LogP contribution is -2.33. The number of fused-ring (bicyclic) bond motifs is 1. The molecule has 2 N–H and O–H groups in total. The average Bonchev–Trinajstić information content (AvgIpc) is 3.51. The van der Waals surface area contributed by atoms with Gasteiger partial charge in [-0.05, 0) is 91.4 Å². The number of aryl methyl sites for hydroxylation is 1. The second kappa shape index (κ2) is 10.6. The summed E-state index contributed by atoms with van der Waals surface area (Å²) in [7, 11) is 0. The number of thiocarbonyl (C=S) groups is 1. The fraction of sp³-hybridized carbons (Fsp3) is 0.0370. The smallest absolute Gasteiger partial charge is 0.250 e. The maximum Gasteiger partial charge on any atom is 0.250 e. The van der Waals surface area contributed by atoms with Gasteiger partial charge in [-0.2, -0.15) is 4.98 Å². The highest BCUT2D eigenvalue weighted by atomic mass is 35.5. The van der Waals surface area contributed by atoms with Crippen LogP contribution in [0.25, 0.3) is 40.1 Å². The third-order valence-corrected chi connectivity index (χ3v) is 5.94. The Hall–Kier alpha value is -3.98. The van der Waals surface area contributed by atoms with Crippen LogP contribution in [0, 0.1) is 6.92 Å². The Balaban J connectivity index is 1.20. The van der Waals surface area contributed by atoms with Crippen molar-refractivity contribution in [2.45, 2.75) is 6.92 Å². The lowest BCUT2D eigenvalue weighted by atomic mass is 10.1. The Morgan fingerprint density at radius 3 is 2.57 bits per heavy atom. The van der Waals surface area contributed by atoms with Gasteiger partial charge in [-0.1, -0.05) is 23.2 Å². The molecule has 0 bridgehead atoms. The molecule has 0 aliphatic heterocycles. The molecule has 0 radical (unpaired) electrons. The Morgan fingerprint density at radius 1 is 1.00 bits per heavy atom. The summed E-state index contributed by atoms with van der Waals surface area (Å²) >= 11 is 17.4. The average molecular weight is 549 g/mol. The first-order valence-electron chi connectivity index (χ1n) is 11.0. The van der Waals surface area contributed by atoms with Crippen LogP contribution in [0.3, 0.4) is 0 Å². The molecule has 3 aromatic heterocycles. The molecule has 1 amide bonds. The minimum absolute atomic E-state index is 0.158. The number of oxazole rings is 1. The molecular weight excluding hydrogens is 531 g/mol. The van der Waals surface area contributed by atoms with Gasteiger partial charge in [0.05, 0.1) is 0 Å². The SMILES string of the molecule is Cc1cc(-c2nc3ncccc3o2)ccc1NC(=S)NC(=O)/C=C/c1ccc(-c2cc(Cl)cc(Cl)c2)o1. The van der Waals surface area contributed by atoms with E-state index >= 15 is 0 Å². The number of benzene rings is 2. The molecule has 37 heavy (non-hydrogen) atoms. The first-order chi connectivity index (χ1) is 17.8. The summed E-state index contributed by atoms with van der Waals surface area (Å²) in [4.78, 5) is 21.0. The first-order valence-corrected chi connectivity index (χ1v) is 12.2. The van der Waals surface area contributed by atoms with Crippen LogP contribution in [-0.2, 0) is 4.79 Å². The van der Waals surface area contributed by atoms with E-state index in [2.05, 4.69) is 20.6 Å². The molecule has 0 saturated heterocycles. The molecule has 3 heterocycles.